The van der Waals surface area contributed by atoms with Crippen molar-refractivity contribution in [3.05, 3.63) is 131 Å². The van der Waals surface area contributed by atoms with Gasteiger partial charge in [-0.05, 0) is 67.4 Å². The van der Waals surface area contributed by atoms with Gasteiger partial charge in [0, 0.05) is 72.8 Å². The second-order valence-corrected chi connectivity index (χ2v) is 13.1. The third-order valence-electron chi connectivity index (χ3n) is 9.54. The minimum atomic E-state index is -1.19. The number of ether oxygens (including phenoxy) is 2. The van der Waals surface area contributed by atoms with Crippen LogP contribution >= 0.6 is 0 Å². The first-order valence-electron chi connectivity index (χ1n) is 16.8. The van der Waals surface area contributed by atoms with Crippen molar-refractivity contribution in [1.82, 2.24) is 14.8 Å². The van der Waals surface area contributed by atoms with Crippen LogP contribution in [0.4, 0.5) is 39.0 Å². The first kappa shape index (κ1) is 34.9. The molecule has 2 aliphatic rings. The molecule has 2 fully saturated rings. The van der Waals surface area contributed by atoms with E-state index in [-0.39, 0.29) is 23.6 Å². The first-order valence-corrected chi connectivity index (χ1v) is 16.8. The lowest BCUT2D eigenvalue weighted by molar-refractivity contribution is -0.0206. The maximum atomic E-state index is 15.0. The summed E-state index contributed by atoms with van der Waals surface area (Å²) in [5.74, 6) is -4.81. The molecule has 0 bridgehead atoms. The maximum Gasteiger partial charge on any atom is 0.255 e. The van der Waals surface area contributed by atoms with Crippen molar-refractivity contribution in [3.8, 4) is 5.75 Å². The molecule has 2 atom stereocenters. The number of nitrogens with zero attached hydrogens (tertiary/aromatic N) is 5. The van der Waals surface area contributed by atoms with Crippen molar-refractivity contribution < 1.29 is 36.2 Å². The highest BCUT2D eigenvalue weighted by molar-refractivity contribution is 6.04. The number of hydrogen-bond donors (Lipinski definition) is 1. The Balaban J connectivity index is 0.929. The van der Waals surface area contributed by atoms with Gasteiger partial charge in [0.15, 0.2) is 11.6 Å². The van der Waals surface area contributed by atoms with Gasteiger partial charge in [-0.15, -0.1) is 0 Å². The van der Waals surface area contributed by atoms with E-state index in [4.69, 9.17) is 9.47 Å². The molecule has 5 aromatic rings. The van der Waals surface area contributed by atoms with Crippen molar-refractivity contribution in [1.29, 1.82) is 0 Å². The Morgan fingerprint density at radius 2 is 1.54 bits per heavy atom. The Kier molecular flexibility index (Phi) is 9.82. The molecule has 3 heterocycles. The second-order valence-electron chi connectivity index (χ2n) is 13.1. The van der Waals surface area contributed by atoms with E-state index in [2.05, 4.69) is 31.3 Å². The molecule has 9 nitrogen and oxygen atoms in total. The summed E-state index contributed by atoms with van der Waals surface area (Å²) in [4.78, 5) is 21.1. The van der Waals surface area contributed by atoms with Crippen LogP contribution in [0.3, 0.4) is 0 Å². The maximum absolute atomic E-state index is 15.0. The van der Waals surface area contributed by atoms with E-state index in [0.29, 0.717) is 31.8 Å². The molecule has 0 unspecified atom stereocenters. The van der Waals surface area contributed by atoms with Crippen LogP contribution in [0.5, 0.6) is 5.75 Å². The molecule has 2 saturated heterocycles. The van der Waals surface area contributed by atoms with Gasteiger partial charge >= 0.3 is 0 Å². The predicted octanol–water partition coefficient (Wildman–Crippen LogP) is 6.87. The number of aryl methyl sites for hydroxylation is 1. The van der Waals surface area contributed by atoms with Crippen LogP contribution in [0.25, 0.3) is 0 Å². The summed E-state index contributed by atoms with van der Waals surface area (Å²) < 4.78 is 84.0. The Hall–Kier alpha value is -5.50. The van der Waals surface area contributed by atoms with Crippen molar-refractivity contribution in [2.75, 3.05) is 54.5 Å². The Morgan fingerprint density at radius 1 is 0.865 bits per heavy atom. The minimum Gasteiger partial charge on any atom is -0.493 e. The molecule has 0 spiro atoms. The quantitative estimate of drug-likeness (QED) is 0.158. The average Bonchev–Trinajstić information content (AvgIpc) is 3.80. The lowest BCUT2D eigenvalue weighted by atomic mass is 9.87. The Labute approximate surface area is 296 Å². The monoisotopic (exact) mass is 718 g/mol. The van der Waals surface area contributed by atoms with Crippen LogP contribution < -0.4 is 19.9 Å². The van der Waals surface area contributed by atoms with Gasteiger partial charge in [-0.25, -0.2) is 31.6 Å². The average molecular weight is 719 g/mol. The van der Waals surface area contributed by atoms with E-state index >= 15 is 0 Å². The molecule has 270 valence electrons. The van der Waals surface area contributed by atoms with Crippen LogP contribution in [0, 0.1) is 41.9 Å². The SMILES string of the molecule is Cc1cc(N2CCN(c3ccc(C(=O)Nc4c(F)cc(F)cc4F)cc3)CC2)ccc1OC[C@@H]1CO[C@@](Cn2cncn2)(c2ccc(F)cc2F)C1. The number of anilines is 3. The summed E-state index contributed by atoms with van der Waals surface area (Å²) >= 11 is 0. The highest BCUT2D eigenvalue weighted by Gasteiger charge is 2.44. The van der Waals surface area contributed by atoms with E-state index in [0.717, 1.165) is 54.9 Å². The summed E-state index contributed by atoms with van der Waals surface area (Å²) in [5, 5.41) is 6.35. The van der Waals surface area contributed by atoms with Crippen molar-refractivity contribution in [2.45, 2.75) is 25.5 Å². The van der Waals surface area contributed by atoms with E-state index in [1.807, 2.05) is 19.1 Å². The zero-order chi connectivity index (χ0) is 36.4. The number of hydrogen-bond acceptors (Lipinski definition) is 7. The van der Waals surface area contributed by atoms with Gasteiger partial charge < -0.3 is 24.6 Å². The fourth-order valence-corrected chi connectivity index (χ4v) is 6.88. The minimum absolute atomic E-state index is 0.0515. The number of aromatic nitrogens is 3. The molecule has 1 amide bonds. The summed E-state index contributed by atoms with van der Waals surface area (Å²) in [5.41, 5.74) is 1.64. The zero-order valence-electron chi connectivity index (χ0n) is 28.2. The molecule has 1 N–H and O–H groups in total. The number of nitrogens with one attached hydrogen (secondary N) is 1. The normalized spacial score (nSPS) is 18.8. The van der Waals surface area contributed by atoms with Gasteiger partial charge in [0.05, 0.1) is 19.8 Å². The standard InChI is InChI=1S/C38H35F5N6O3/c1-24-14-30(48-12-10-47(11-13-48)29-5-2-26(3-6-29)37(50)46-36-33(42)16-28(40)17-34(36)43)7-9-35(24)51-19-25-18-38(52-20-25,21-49-23-44-22-45-49)31-8-4-27(39)15-32(31)41/h2-9,14-17,22-23,25H,10-13,18-21H2,1H3,(H,46,50)/t25-,38+/m1/s1. The Morgan fingerprint density at radius 3 is 2.19 bits per heavy atom. The van der Waals surface area contributed by atoms with Crippen LogP contribution in [0.2, 0.25) is 0 Å². The molecule has 0 aliphatic carbocycles. The molecule has 0 saturated carbocycles. The molecule has 52 heavy (non-hydrogen) atoms. The molecule has 1 aromatic heterocycles. The molecule has 4 aromatic carbocycles. The van der Waals surface area contributed by atoms with Crippen molar-refractivity contribution in [2.24, 2.45) is 5.92 Å². The summed E-state index contributed by atoms with van der Waals surface area (Å²) in [6.45, 7) is 5.83. The second kappa shape index (κ2) is 14.6. The fraction of sp³-hybridized carbons (Fsp3) is 0.289. The van der Waals surface area contributed by atoms with Crippen molar-refractivity contribution in [3.63, 3.8) is 0 Å². The number of carbonyl (C=O) groups is 1. The number of benzene rings is 4. The predicted molar refractivity (Wildman–Crippen MR) is 184 cm³/mol. The highest BCUT2D eigenvalue weighted by Crippen LogP contribution is 2.42. The number of piperazine rings is 1. The summed E-state index contributed by atoms with van der Waals surface area (Å²) in [7, 11) is 0. The molecule has 0 radical (unpaired) electrons. The molecular formula is C38H35F5N6O3. The molecule has 2 aliphatic heterocycles. The van der Waals surface area contributed by atoms with Crippen LogP contribution in [-0.2, 0) is 16.9 Å². The first-order chi connectivity index (χ1) is 25.1. The molecule has 7 rings (SSSR count). The van der Waals surface area contributed by atoms with Gasteiger partial charge in [0.1, 0.15) is 47.1 Å². The summed E-state index contributed by atoms with van der Waals surface area (Å²) in [6, 6.07) is 17.3. The third kappa shape index (κ3) is 7.42. The number of amides is 1. The van der Waals surface area contributed by atoms with Crippen LogP contribution in [0.1, 0.15) is 27.9 Å². The van der Waals surface area contributed by atoms with Gasteiger partial charge in [-0.3, -0.25) is 4.79 Å². The van der Waals surface area contributed by atoms with Gasteiger partial charge in [-0.1, -0.05) is 6.07 Å². The summed E-state index contributed by atoms with van der Waals surface area (Å²) in [6.07, 6.45) is 3.38. The smallest absolute Gasteiger partial charge is 0.255 e. The lowest BCUT2D eigenvalue weighted by Crippen LogP contribution is -2.46. The number of carbonyl (C=O) groups excluding carboxylic acids is 1. The third-order valence-corrected chi connectivity index (χ3v) is 9.54. The lowest BCUT2D eigenvalue weighted by Gasteiger charge is -2.37. The van der Waals surface area contributed by atoms with Crippen molar-refractivity contribution >= 4 is 23.0 Å². The molecule has 14 heteroatoms. The van der Waals surface area contributed by atoms with E-state index in [9.17, 15) is 26.7 Å². The zero-order valence-corrected chi connectivity index (χ0v) is 28.2. The van der Waals surface area contributed by atoms with E-state index < -0.39 is 46.3 Å². The van der Waals surface area contributed by atoms with E-state index in [1.54, 1.807) is 28.9 Å². The Bertz CT molecular complexity index is 2030. The van der Waals surface area contributed by atoms with Gasteiger partial charge in [0.25, 0.3) is 5.91 Å². The highest BCUT2D eigenvalue weighted by atomic mass is 19.2. The fourth-order valence-electron chi connectivity index (χ4n) is 6.88. The van der Waals surface area contributed by atoms with Gasteiger partial charge in [-0.2, -0.15) is 5.10 Å². The number of rotatable bonds is 10. The van der Waals surface area contributed by atoms with Crippen LogP contribution in [-0.4, -0.2) is 60.1 Å². The van der Waals surface area contributed by atoms with Crippen LogP contribution in [0.15, 0.2) is 85.5 Å². The largest absolute Gasteiger partial charge is 0.493 e. The number of halogens is 5. The topological polar surface area (TPSA) is 84.8 Å². The van der Waals surface area contributed by atoms with E-state index in [1.165, 1.54) is 24.8 Å². The molecular weight excluding hydrogens is 683 g/mol. The van der Waals surface area contributed by atoms with Gasteiger partial charge in [0.2, 0.25) is 0 Å².